The Balaban J connectivity index is 2.42. The zero-order valence-corrected chi connectivity index (χ0v) is 15.1. The molecule has 0 unspecified atom stereocenters. The molecule has 1 heterocycles. The smallest absolute Gasteiger partial charge is 0.348 e. The highest BCUT2D eigenvalue weighted by atomic mass is 16.9. The van der Waals surface area contributed by atoms with Gasteiger partial charge in [-0.15, -0.1) is 0 Å². The maximum absolute atomic E-state index is 5.91. The monoisotopic (exact) mass is 332 g/mol. The summed E-state index contributed by atoms with van der Waals surface area (Å²) >= 11 is 0. The van der Waals surface area contributed by atoms with Crippen molar-refractivity contribution < 1.29 is 33.2 Å². The molecule has 0 bridgehead atoms. The van der Waals surface area contributed by atoms with Crippen molar-refractivity contribution in [1.29, 1.82) is 0 Å². The molecule has 0 atom stereocenters. The van der Waals surface area contributed by atoms with Crippen LogP contribution in [0.5, 0.6) is 0 Å². The Morgan fingerprint density at radius 1 is 1.09 bits per heavy atom. The lowest BCUT2D eigenvalue weighted by atomic mass is 10.0. The second kappa shape index (κ2) is 6.31. The van der Waals surface area contributed by atoms with E-state index in [2.05, 4.69) is 0 Å². The van der Waals surface area contributed by atoms with E-state index in [9.17, 15) is 0 Å². The number of hydrogen-bond donors (Lipinski definition) is 0. The Labute approximate surface area is 137 Å². The van der Waals surface area contributed by atoms with Crippen LogP contribution < -0.4 is 0 Å². The van der Waals surface area contributed by atoms with Crippen molar-refractivity contribution in [1.82, 2.24) is 0 Å². The van der Waals surface area contributed by atoms with E-state index in [1.807, 2.05) is 13.0 Å². The number of methoxy groups -OCH3 is 4. The van der Waals surface area contributed by atoms with E-state index in [-0.39, 0.29) is 0 Å². The van der Waals surface area contributed by atoms with Gasteiger partial charge in [0.05, 0.1) is 5.41 Å². The largest absolute Gasteiger partial charge is 0.459 e. The van der Waals surface area contributed by atoms with Gasteiger partial charge in [0.2, 0.25) is 5.79 Å². The molecule has 1 aliphatic heterocycles. The van der Waals surface area contributed by atoms with Gasteiger partial charge in [0.1, 0.15) is 0 Å². The first kappa shape index (κ1) is 18.6. The van der Waals surface area contributed by atoms with Crippen molar-refractivity contribution >= 4 is 0 Å². The summed E-state index contributed by atoms with van der Waals surface area (Å²) in [5.41, 5.74) is -0.492. The molecule has 1 aliphatic carbocycles. The molecule has 0 spiro atoms. The van der Waals surface area contributed by atoms with Crippen molar-refractivity contribution in [2.24, 2.45) is 5.41 Å². The summed E-state index contributed by atoms with van der Waals surface area (Å²) in [6.45, 7) is 5.93. The Morgan fingerprint density at radius 3 is 2.04 bits per heavy atom. The third-order valence-corrected chi connectivity index (χ3v) is 4.25. The van der Waals surface area contributed by atoms with Crippen LogP contribution in [0.15, 0.2) is 11.8 Å². The summed E-state index contributed by atoms with van der Waals surface area (Å²) in [7, 11) is 6.13. The maximum atomic E-state index is 5.91. The molecule has 7 heteroatoms. The van der Waals surface area contributed by atoms with E-state index in [0.29, 0.717) is 12.4 Å². The molecule has 0 aromatic heterocycles. The summed E-state index contributed by atoms with van der Waals surface area (Å²) < 4.78 is 39.6. The van der Waals surface area contributed by atoms with Crippen LogP contribution in [0.4, 0.5) is 0 Å². The molecule has 0 radical (unpaired) electrons. The highest BCUT2D eigenvalue weighted by Gasteiger charge is 2.64. The van der Waals surface area contributed by atoms with Crippen molar-refractivity contribution in [3.05, 3.63) is 11.8 Å². The first-order valence-electron chi connectivity index (χ1n) is 7.75. The molecule has 0 aromatic rings. The van der Waals surface area contributed by atoms with Crippen molar-refractivity contribution in [2.75, 3.05) is 35.0 Å². The van der Waals surface area contributed by atoms with Gasteiger partial charge in [0.15, 0.2) is 5.76 Å². The predicted molar refractivity (Wildman–Crippen MR) is 81.1 cm³/mol. The zero-order chi connectivity index (χ0) is 17.4. The second-order valence-electron chi connectivity index (χ2n) is 6.13. The highest BCUT2D eigenvalue weighted by molar-refractivity contribution is 5.21. The summed E-state index contributed by atoms with van der Waals surface area (Å²) in [5.74, 6) is -3.01. The first-order valence-corrected chi connectivity index (χ1v) is 7.75. The normalized spacial score (nSPS) is 26.3. The average molecular weight is 332 g/mol. The molecule has 2 fully saturated rings. The average Bonchev–Trinajstić information content (AvgIpc) is 3.25. The molecule has 134 valence electrons. The third kappa shape index (κ3) is 3.01. The lowest BCUT2D eigenvalue weighted by Crippen LogP contribution is -2.46. The summed E-state index contributed by atoms with van der Waals surface area (Å²) in [4.78, 5) is 0. The molecule has 0 N–H and O–H groups in total. The Morgan fingerprint density at radius 2 is 1.65 bits per heavy atom. The SMILES string of the molecule is CCOC(OC)(OC)C1(/C=C2/OC(C)(C)OC2(OC)OC)CC1. The van der Waals surface area contributed by atoms with Crippen LogP contribution in [0.2, 0.25) is 0 Å². The molecular formula is C16H28O7. The quantitative estimate of drug-likeness (QED) is 0.632. The van der Waals surface area contributed by atoms with Crippen molar-refractivity contribution in [2.45, 2.75) is 51.3 Å². The number of hydrogen-bond acceptors (Lipinski definition) is 7. The van der Waals surface area contributed by atoms with Crippen LogP contribution in [-0.2, 0) is 33.2 Å². The van der Waals surface area contributed by atoms with Crippen molar-refractivity contribution in [3.63, 3.8) is 0 Å². The summed E-state index contributed by atoms with van der Waals surface area (Å²) in [6, 6.07) is 0. The van der Waals surface area contributed by atoms with Gasteiger partial charge in [-0.05, 0) is 25.8 Å². The van der Waals surface area contributed by atoms with E-state index < -0.39 is 23.1 Å². The summed E-state index contributed by atoms with van der Waals surface area (Å²) in [6.07, 6.45) is 3.54. The fourth-order valence-corrected chi connectivity index (χ4v) is 3.07. The Bertz CT molecular complexity index is 445. The molecule has 23 heavy (non-hydrogen) atoms. The van der Waals surface area contributed by atoms with Crippen LogP contribution in [0.1, 0.15) is 33.6 Å². The van der Waals surface area contributed by atoms with Gasteiger partial charge < -0.3 is 28.4 Å². The fourth-order valence-electron chi connectivity index (χ4n) is 3.07. The van der Waals surface area contributed by atoms with E-state index >= 15 is 0 Å². The van der Waals surface area contributed by atoms with Gasteiger partial charge in [0, 0.05) is 48.9 Å². The fraction of sp³-hybridized carbons (Fsp3) is 0.875. The second-order valence-corrected chi connectivity index (χ2v) is 6.13. The lowest BCUT2D eigenvalue weighted by molar-refractivity contribution is -0.387. The van der Waals surface area contributed by atoms with Gasteiger partial charge in [-0.1, -0.05) is 0 Å². The highest BCUT2D eigenvalue weighted by Crippen LogP contribution is 2.59. The van der Waals surface area contributed by atoms with Crippen LogP contribution in [0, 0.1) is 5.41 Å². The minimum Gasteiger partial charge on any atom is -0.459 e. The lowest BCUT2D eigenvalue weighted by Gasteiger charge is -2.36. The number of ether oxygens (including phenoxy) is 7. The molecule has 0 aromatic carbocycles. The molecule has 2 aliphatic rings. The van der Waals surface area contributed by atoms with Gasteiger partial charge >= 0.3 is 5.97 Å². The minimum atomic E-state index is -1.39. The summed E-state index contributed by atoms with van der Waals surface area (Å²) in [5, 5.41) is 0. The maximum Gasteiger partial charge on any atom is 0.348 e. The van der Waals surface area contributed by atoms with Crippen LogP contribution in [-0.4, -0.2) is 52.8 Å². The van der Waals surface area contributed by atoms with Gasteiger partial charge in [-0.25, -0.2) is 0 Å². The molecule has 0 amide bonds. The van der Waals surface area contributed by atoms with E-state index in [1.54, 1.807) is 28.1 Å². The molecule has 1 saturated heterocycles. The standard InChI is InChI=1S/C16H28O7/c1-8-21-16(19-6,20-7)14(9-10-14)11-12-15(17-4,18-5)23-13(2,3)22-12/h11H,8-10H2,1-7H3/b12-11+. The van der Waals surface area contributed by atoms with Crippen LogP contribution in [0.25, 0.3) is 0 Å². The topological polar surface area (TPSA) is 64.6 Å². The van der Waals surface area contributed by atoms with E-state index in [0.717, 1.165) is 12.8 Å². The molecule has 2 rings (SSSR count). The van der Waals surface area contributed by atoms with Gasteiger partial charge in [0.25, 0.3) is 5.97 Å². The third-order valence-electron chi connectivity index (χ3n) is 4.25. The van der Waals surface area contributed by atoms with Gasteiger partial charge in [-0.3, -0.25) is 4.74 Å². The van der Waals surface area contributed by atoms with E-state index in [1.165, 1.54) is 14.2 Å². The van der Waals surface area contributed by atoms with Gasteiger partial charge in [-0.2, -0.15) is 0 Å². The molecule has 7 nitrogen and oxygen atoms in total. The Kier molecular flexibility index (Phi) is 5.11. The van der Waals surface area contributed by atoms with E-state index in [4.69, 9.17) is 33.2 Å². The first-order chi connectivity index (χ1) is 10.8. The molecule has 1 saturated carbocycles. The Hall–Kier alpha value is -0.700. The zero-order valence-electron chi connectivity index (χ0n) is 15.1. The predicted octanol–water partition coefficient (Wildman–Crippen LogP) is 2.36. The molecular weight excluding hydrogens is 304 g/mol. The minimum absolute atomic E-state index is 0.433. The van der Waals surface area contributed by atoms with Crippen LogP contribution in [0.3, 0.4) is 0 Å². The van der Waals surface area contributed by atoms with Crippen molar-refractivity contribution in [3.8, 4) is 0 Å². The number of rotatable bonds is 8. The van der Waals surface area contributed by atoms with Crippen LogP contribution >= 0.6 is 0 Å².